The molecule has 0 fully saturated rings. The number of carbonyl (C=O) groups is 1. The van der Waals surface area contributed by atoms with Crippen LogP contribution in [-0.4, -0.2) is 29.3 Å². The molecule has 0 bridgehead atoms. The molecular weight excluding hydrogens is 184 g/mol. The molecule has 0 heterocycles. The van der Waals surface area contributed by atoms with Crippen LogP contribution in [0.25, 0.3) is 0 Å². The summed E-state index contributed by atoms with van der Waals surface area (Å²) in [6.45, 7) is 0.0661. The van der Waals surface area contributed by atoms with Crippen molar-refractivity contribution in [3.63, 3.8) is 0 Å². The van der Waals surface area contributed by atoms with Crippen molar-refractivity contribution in [1.29, 1.82) is 0 Å². The van der Waals surface area contributed by atoms with Gasteiger partial charge in [-0.05, 0) is 18.2 Å². The molecule has 0 aliphatic carbocycles. The molecule has 1 rings (SSSR count). The Morgan fingerprint density at radius 1 is 1.50 bits per heavy atom. The van der Waals surface area contributed by atoms with E-state index in [1.807, 2.05) is 0 Å². The standard InChI is InChI=1S/C9H12N2O3/c10-7-2-1-6(5-8(7)13)9(14)11-3-4-12/h1-2,5,12-13H,3-4,10H2,(H,11,14). The third-order valence-corrected chi connectivity index (χ3v) is 1.69. The number of phenols is 1. The summed E-state index contributed by atoms with van der Waals surface area (Å²) < 4.78 is 0. The highest BCUT2D eigenvalue weighted by molar-refractivity contribution is 5.95. The number of aliphatic hydroxyl groups is 1. The summed E-state index contributed by atoms with van der Waals surface area (Å²) in [7, 11) is 0. The molecule has 5 N–H and O–H groups in total. The van der Waals surface area contributed by atoms with Crippen molar-refractivity contribution in [2.75, 3.05) is 18.9 Å². The molecule has 1 aromatic rings. The van der Waals surface area contributed by atoms with Crippen LogP contribution < -0.4 is 11.1 Å². The maximum atomic E-state index is 11.3. The van der Waals surface area contributed by atoms with Gasteiger partial charge in [0.2, 0.25) is 0 Å². The van der Waals surface area contributed by atoms with Gasteiger partial charge in [-0.25, -0.2) is 0 Å². The van der Waals surface area contributed by atoms with Gasteiger partial charge in [-0.1, -0.05) is 0 Å². The highest BCUT2D eigenvalue weighted by Crippen LogP contribution is 2.20. The van der Waals surface area contributed by atoms with Crippen molar-refractivity contribution < 1.29 is 15.0 Å². The fraction of sp³-hybridized carbons (Fsp3) is 0.222. The quantitative estimate of drug-likeness (QED) is 0.394. The first-order chi connectivity index (χ1) is 6.65. The average Bonchev–Trinajstić information content (AvgIpc) is 2.18. The summed E-state index contributed by atoms with van der Waals surface area (Å²) in [6.07, 6.45) is 0. The van der Waals surface area contributed by atoms with E-state index in [1.54, 1.807) is 0 Å². The number of benzene rings is 1. The van der Waals surface area contributed by atoms with Crippen LogP contribution in [0.1, 0.15) is 10.4 Å². The number of anilines is 1. The number of hydrogen-bond donors (Lipinski definition) is 4. The predicted octanol–water partition coefficient (Wildman–Crippen LogP) is -0.303. The molecular formula is C9H12N2O3. The fourth-order valence-corrected chi connectivity index (χ4v) is 0.956. The van der Waals surface area contributed by atoms with E-state index in [4.69, 9.17) is 10.8 Å². The Hall–Kier alpha value is -1.75. The number of phenolic OH excluding ortho intramolecular Hbond substituents is 1. The molecule has 0 unspecified atom stereocenters. The number of nitrogens with two attached hydrogens (primary N) is 1. The Bertz CT molecular complexity index is 339. The lowest BCUT2D eigenvalue weighted by atomic mass is 10.2. The minimum absolute atomic E-state index is 0.118. The van der Waals surface area contributed by atoms with E-state index in [0.717, 1.165) is 0 Å². The minimum atomic E-state index is -0.352. The molecule has 0 aliphatic rings. The third kappa shape index (κ3) is 2.37. The van der Waals surface area contributed by atoms with Gasteiger partial charge < -0.3 is 21.3 Å². The first-order valence-corrected chi connectivity index (χ1v) is 4.12. The molecule has 0 radical (unpaired) electrons. The second-order valence-corrected chi connectivity index (χ2v) is 2.75. The van der Waals surface area contributed by atoms with E-state index in [-0.39, 0.29) is 30.5 Å². The molecule has 0 saturated carbocycles. The largest absolute Gasteiger partial charge is 0.506 e. The summed E-state index contributed by atoms with van der Waals surface area (Å²) in [5.74, 6) is -0.476. The van der Waals surface area contributed by atoms with E-state index >= 15 is 0 Å². The Morgan fingerprint density at radius 3 is 2.79 bits per heavy atom. The number of hydrogen-bond acceptors (Lipinski definition) is 4. The van der Waals surface area contributed by atoms with Gasteiger partial charge in [-0.2, -0.15) is 0 Å². The molecule has 5 nitrogen and oxygen atoms in total. The molecule has 1 aromatic carbocycles. The molecule has 0 saturated heterocycles. The van der Waals surface area contributed by atoms with Gasteiger partial charge in [-0.3, -0.25) is 4.79 Å². The topological polar surface area (TPSA) is 95.6 Å². The maximum Gasteiger partial charge on any atom is 0.251 e. The Morgan fingerprint density at radius 2 is 2.21 bits per heavy atom. The monoisotopic (exact) mass is 196 g/mol. The van der Waals surface area contributed by atoms with E-state index < -0.39 is 0 Å². The lowest BCUT2D eigenvalue weighted by Crippen LogP contribution is -2.26. The number of aromatic hydroxyl groups is 1. The zero-order chi connectivity index (χ0) is 10.6. The van der Waals surface area contributed by atoms with Crippen molar-refractivity contribution in [3.8, 4) is 5.75 Å². The van der Waals surface area contributed by atoms with Crippen molar-refractivity contribution in [1.82, 2.24) is 5.32 Å². The Kier molecular flexibility index (Phi) is 3.30. The van der Waals surface area contributed by atoms with Crippen molar-refractivity contribution >= 4 is 11.6 Å². The number of nitrogens with one attached hydrogen (secondary N) is 1. The second kappa shape index (κ2) is 4.48. The first-order valence-electron chi connectivity index (χ1n) is 4.12. The van der Waals surface area contributed by atoms with Gasteiger partial charge >= 0.3 is 0 Å². The van der Waals surface area contributed by atoms with E-state index in [2.05, 4.69) is 5.32 Å². The van der Waals surface area contributed by atoms with Crippen LogP contribution in [0.5, 0.6) is 5.75 Å². The Balaban J connectivity index is 2.76. The van der Waals surface area contributed by atoms with E-state index in [9.17, 15) is 9.90 Å². The summed E-state index contributed by atoms with van der Waals surface area (Å²) in [5, 5.41) is 20.2. The third-order valence-electron chi connectivity index (χ3n) is 1.69. The second-order valence-electron chi connectivity index (χ2n) is 2.75. The number of rotatable bonds is 3. The molecule has 0 aromatic heterocycles. The molecule has 14 heavy (non-hydrogen) atoms. The summed E-state index contributed by atoms with van der Waals surface area (Å²) in [6, 6.07) is 4.23. The Labute approximate surface area is 81.2 Å². The highest BCUT2D eigenvalue weighted by Gasteiger charge is 2.06. The van der Waals surface area contributed by atoms with Crippen LogP contribution in [0, 0.1) is 0 Å². The molecule has 0 atom stereocenters. The molecule has 0 spiro atoms. The summed E-state index contributed by atoms with van der Waals surface area (Å²) >= 11 is 0. The van der Waals surface area contributed by atoms with Crippen molar-refractivity contribution in [2.45, 2.75) is 0 Å². The minimum Gasteiger partial charge on any atom is -0.506 e. The smallest absolute Gasteiger partial charge is 0.251 e. The molecule has 0 aliphatic heterocycles. The van der Waals surface area contributed by atoms with Gasteiger partial charge in [0.05, 0.1) is 12.3 Å². The molecule has 1 amide bonds. The average molecular weight is 196 g/mol. The van der Waals surface area contributed by atoms with Crippen LogP contribution in [0.4, 0.5) is 5.69 Å². The van der Waals surface area contributed by atoms with E-state index in [0.29, 0.717) is 5.56 Å². The normalized spacial score (nSPS) is 9.79. The van der Waals surface area contributed by atoms with Gasteiger partial charge in [0, 0.05) is 12.1 Å². The van der Waals surface area contributed by atoms with Crippen LogP contribution in [0.2, 0.25) is 0 Å². The molecule has 76 valence electrons. The van der Waals surface area contributed by atoms with Crippen LogP contribution in [0.15, 0.2) is 18.2 Å². The predicted molar refractivity (Wildman–Crippen MR) is 51.9 cm³/mol. The summed E-state index contributed by atoms with van der Waals surface area (Å²) in [5.41, 5.74) is 5.90. The van der Waals surface area contributed by atoms with Gasteiger partial charge in [-0.15, -0.1) is 0 Å². The first kappa shape index (κ1) is 10.3. The number of amides is 1. The SMILES string of the molecule is Nc1ccc(C(=O)NCCO)cc1O. The number of aliphatic hydroxyl groups excluding tert-OH is 1. The van der Waals surface area contributed by atoms with Crippen molar-refractivity contribution in [3.05, 3.63) is 23.8 Å². The van der Waals surface area contributed by atoms with Crippen molar-refractivity contribution in [2.24, 2.45) is 0 Å². The fourth-order valence-electron chi connectivity index (χ4n) is 0.956. The van der Waals surface area contributed by atoms with Crippen LogP contribution in [-0.2, 0) is 0 Å². The van der Waals surface area contributed by atoms with E-state index in [1.165, 1.54) is 18.2 Å². The highest BCUT2D eigenvalue weighted by atomic mass is 16.3. The molecule has 5 heteroatoms. The van der Waals surface area contributed by atoms with Gasteiger partial charge in [0.25, 0.3) is 5.91 Å². The summed E-state index contributed by atoms with van der Waals surface area (Å²) in [4.78, 5) is 11.3. The van der Waals surface area contributed by atoms with Gasteiger partial charge in [0.15, 0.2) is 0 Å². The number of nitrogen functional groups attached to an aromatic ring is 1. The number of carbonyl (C=O) groups excluding carboxylic acids is 1. The maximum absolute atomic E-state index is 11.3. The van der Waals surface area contributed by atoms with Crippen LogP contribution >= 0.6 is 0 Å². The van der Waals surface area contributed by atoms with Gasteiger partial charge in [0.1, 0.15) is 5.75 Å². The zero-order valence-electron chi connectivity index (χ0n) is 7.53. The zero-order valence-corrected chi connectivity index (χ0v) is 7.53. The van der Waals surface area contributed by atoms with Crippen LogP contribution in [0.3, 0.4) is 0 Å². The lowest BCUT2D eigenvalue weighted by Gasteiger charge is -2.04. The lowest BCUT2D eigenvalue weighted by molar-refractivity contribution is 0.0944.